The van der Waals surface area contributed by atoms with Crippen LogP contribution in [0.3, 0.4) is 0 Å². The van der Waals surface area contributed by atoms with Crippen molar-refractivity contribution in [3.8, 4) is 0 Å². The molecule has 0 aromatic carbocycles. The van der Waals surface area contributed by atoms with Crippen LogP contribution >= 0.6 is 11.5 Å². The maximum atomic E-state index is 12.3. The van der Waals surface area contributed by atoms with E-state index in [4.69, 9.17) is 5.11 Å². The average molecular weight is 297 g/mol. The van der Waals surface area contributed by atoms with Crippen LogP contribution in [0.15, 0.2) is 0 Å². The molecule has 0 radical (unpaired) electrons. The highest BCUT2D eigenvalue weighted by Crippen LogP contribution is 2.29. The number of aliphatic carboxylic acids is 1. The number of carboxylic acid groups (broad SMARTS) is 1. The molecule has 1 rings (SSSR count). The van der Waals surface area contributed by atoms with Gasteiger partial charge in [-0.25, -0.2) is 0 Å². The standard InChI is InChI=1S/C10H14F3N3O2S/c1-5(2)3-6(7(17)18)4-14-9-15-8(16-19-9)10(11,12)13/h5-6H,3-4H2,1-2H3,(H,17,18)(H,14,15,16). The molecule has 0 spiro atoms. The summed E-state index contributed by atoms with van der Waals surface area (Å²) in [6.07, 6.45) is -4.15. The van der Waals surface area contributed by atoms with Crippen LogP contribution in [-0.2, 0) is 11.0 Å². The number of halogens is 3. The quantitative estimate of drug-likeness (QED) is 0.844. The Labute approximate surface area is 112 Å². The van der Waals surface area contributed by atoms with E-state index in [-0.39, 0.29) is 17.6 Å². The fraction of sp³-hybridized carbons (Fsp3) is 0.700. The van der Waals surface area contributed by atoms with Gasteiger partial charge in [0.25, 0.3) is 0 Å². The maximum absolute atomic E-state index is 12.3. The molecular weight excluding hydrogens is 283 g/mol. The van der Waals surface area contributed by atoms with Gasteiger partial charge in [0.05, 0.1) is 5.92 Å². The van der Waals surface area contributed by atoms with Gasteiger partial charge in [-0.2, -0.15) is 22.5 Å². The van der Waals surface area contributed by atoms with Crippen molar-refractivity contribution in [3.05, 3.63) is 5.82 Å². The molecule has 1 atom stereocenters. The van der Waals surface area contributed by atoms with E-state index in [1.165, 1.54) is 0 Å². The van der Waals surface area contributed by atoms with Crippen molar-refractivity contribution in [2.75, 3.05) is 11.9 Å². The van der Waals surface area contributed by atoms with Crippen LogP contribution < -0.4 is 5.32 Å². The normalized spacial score (nSPS) is 13.6. The van der Waals surface area contributed by atoms with Gasteiger partial charge in [0.2, 0.25) is 11.0 Å². The number of aromatic nitrogens is 2. The fourth-order valence-corrected chi connectivity index (χ4v) is 2.05. The molecule has 108 valence electrons. The molecule has 0 saturated carbocycles. The van der Waals surface area contributed by atoms with Gasteiger partial charge in [0, 0.05) is 18.1 Å². The van der Waals surface area contributed by atoms with E-state index in [1.807, 2.05) is 13.8 Å². The summed E-state index contributed by atoms with van der Waals surface area (Å²) < 4.78 is 39.9. The molecule has 0 fully saturated rings. The fourth-order valence-electron chi connectivity index (χ4n) is 1.46. The number of carboxylic acids is 1. The van der Waals surface area contributed by atoms with Gasteiger partial charge in [0.15, 0.2) is 0 Å². The Kier molecular flexibility index (Phi) is 5.10. The molecule has 0 bridgehead atoms. The van der Waals surface area contributed by atoms with E-state index < -0.39 is 23.9 Å². The first kappa shape index (κ1) is 15.7. The third-order valence-corrected chi connectivity index (χ3v) is 2.96. The summed E-state index contributed by atoms with van der Waals surface area (Å²) >= 11 is 0.564. The van der Waals surface area contributed by atoms with Crippen molar-refractivity contribution in [1.29, 1.82) is 0 Å². The van der Waals surface area contributed by atoms with Crippen LogP contribution in [0.1, 0.15) is 26.1 Å². The Morgan fingerprint density at radius 3 is 2.53 bits per heavy atom. The molecule has 0 amide bonds. The summed E-state index contributed by atoms with van der Waals surface area (Å²) in [7, 11) is 0. The lowest BCUT2D eigenvalue weighted by Crippen LogP contribution is -2.24. The SMILES string of the molecule is CC(C)CC(CNc1nc(C(F)(F)F)ns1)C(=O)O. The summed E-state index contributed by atoms with van der Waals surface area (Å²) in [5, 5.41) is 11.5. The van der Waals surface area contributed by atoms with E-state index in [2.05, 4.69) is 14.7 Å². The van der Waals surface area contributed by atoms with Crippen molar-refractivity contribution in [1.82, 2.24) is 9.36 Å². The van der Waals surface area contributed by atoms with Crippen molar-refractivity contribution >= 4 is 22.6 Å². The van der Waals surface area contributed by atoms with Crippen LogP contribution in [0.25, 0.3) is 0 Å². The zero-order valence-corrected chi connectivity index (χ0v) is 11.2. The largest absolute Gasteiger partial charge is 0.481 e. The van der Waals surface area contributed by atoms with Gasteiger partial charge in [0.1, 0.15) is 0 Å². The number of anilines is 1. The second-order valence-corrected chi connectivity index (χ2v) is 5.22. The lowest BCUT2D eigenvalue weighted by molar-refractivity contribution is -0.144. The number of nitrogens with zero attached hydrogens (tertiary/aromatic N) is 2. The Balaban J connectivity index is 2.60. The molecule has 5 nitrogen and oxygen atoms in total. The van der Waals surface area contributed by atoms with Crippen molar-refractivity contribution in [2.45, 2.75) is 26.4 Å². The number of nitrogens with one attached hydrogen (secondary N) is 1. The van der Waals surface area contributed by atoms with E-state index in [0.29, 0.717) is 18.0 Å². The van der Waals surface area contributed by atoms with Gasteiger partial charge in [-0.3, -0.25) is 4.79 Å². The van der Waals surface area contributed by atoms with Crippen molar-refractivity contribution in [2.24, 2.45) is 11.8 Å². The smallest absolute Gasteiger partial charge is 0.452 e. The van der Waals surface area contributed by atoms with Gasteiger partial charge < -0.3 is 10.4 Å². The molecule has 2 N–H and O–H groups in total. The molecule has 1 aromatic rings. The molecule has 1 unspecified atom stereocenters. The monoisotopic (exact) mass is 297 g/mol. The first-order valence-corrected chi connectivity index (χ1v) is 6.35. The second-order valence-electron chi connectivity index (χ2n) is 4.47. The minimum Gasteiger partial charge on any atom is -0.481 e. The summed E-state index contributed by atoms with van der Waals surface area (Å²) in [5.41, 5.74) is 0. The third-order valence-electron chi connectivity index (χ3n) is 2.28. The zero-order valence-electron chi connectivity index (χ0n) is 10.4. The molecule has 0 aliphatic heterocycles. The van der Waals surface area contributed by atoms with Crippen molar-refractivity contribution < 1.29 is 23.1 Å². The summed E-state index contributed by atoms with van der Waals surface area (Å²) in [4.78, 5) is 14.2. The van der Waals surface area contributed by atoms with Gasteiger partial charge in [-0.15, -0.1) is 0 Å². The third kappa shape index (κ3) is 5.01. The topological polar surface area (TPSA) is 75.1 Å². The Morgan fingerprint density at radius 2 is 2.11 bits per heavy atom. The molecular formula is C10H14F3N3O2S. The van der Waals surface area contributed by atoms with E-state index in [1.54, 1.807) is 0 Å². The first-order chi connectivity index (χ1) is 8.70. The van der Waals surface area contributed by atoms with Crippen LogP contribution in [0.2, 0.25) is 0 Å². The summed E-state index contributed by atoms with van der Waals surface area (Å²) in [5.74, 6) is -2.68. The summed E-state index contributed by atoms with van der Waals surface area (Å²) in [6, 6.07) is 0. The molecule has 1 heterocycles. The highest BCUT2D eigenvalue weighted by atomic mass is 32.1. The second kappa shape index (κ2) is 6.18. The number of rotatable bonds is 6. The van der Waals surface area contributed by atoms with Crippen LogP contribution in [0, 0.1) is 11.8 Å². The predicted molar refractivity (Wildman–Crippen MR) is 64.0 cm³/mol. The Hall–Kier alpha value is -1.38. The summed E-state index contributed by atoms with van der Waals surface area (Å²) in [6.45, 7) is 3.78. The molecule has 19 heavy (non-hydrogen) atoms. The average Bonchev–Trinajstić information content (AvgIpc) is 2.71. The lowest BCUT2D eigenvalue weighted by atomic mass is 9.97. The highest BCUT2D eigenvalue weighted by Gasteiger charge is 2.36. The molecule has 1 aromatic heterocycles. The van der Waals surface area contributed by atoms with Gasteiger partial charge >= 0.3 is 12.1 Å². The van der Waals surface area contributed by atoms with Crippen molar-refractivity contribution in [3.63, 3.8) is 0 Å². The Bertz CT molecular complexity index is 434. The number of carbonyl (C=O) groups is 1. The molecule has 0 saturated heterocycles. The zero-order chi connectivity index (χ0) is 14.6. The lowest BCUT2D eigenvalue weighted by Gasteiger charge is -2.14. The van der Waals surface area contributed by atoms with Gasteiger partial charge in [-0.05, 0) is 12.3 Å². The molecule has 9 heteroatoms. The predicted octanol–water partition coefficient (Wildman–Crippen LogP) is 2.72. The molecule has 0 aliphatic carbocycles. The number of hydrogen-bond acceptors (Lipinski definition) is 5. The molecule has 0 aliphatic rings. The number of alkyl halides is 3. The number of hydrogen-bond donors (Lipinski definition) is 2. The van der Waals surface area contributed by atoms with Gasteiger partial charge in [-0.1, -0.05) is 13.8 Å². The van der Waals surface area contributed by atoms with E-state index in [0.717, 1.165) is 0 Å². The maximum Gasteiger partial charge on any atom is 0.452 e. The van der Waals surface area contributed by atoms with Crippen LogP contribution in [0.4, 0.5) is 18.3 Å². The van der Waals surface area contributed by atoms with E-state index >= 15 is 0 Å². The van der Waals surface area contributed by atoms with Crippen LogP contribution in [0.5, 0.6) is 0 Å². The highest BCUT2D eigenvalue weighted by molar-refractivity contribution is 7.09. The van der Waals surface area contributed by atoms with Crippen LogP contribution in [-0.4, -0.2) is 27.0 Å². The van der Waals surface area contributed by atoms with E-state index in [9.17, 15) is 18.0 Å². The minimum absolute atomic E-state index is 0.0256. The first-order valence-electron chi connectivity index (χ1n) is 5.57. The Morgan fingerprint density at radius 1 is 1.47 bits per heavy atom. The minimum atomic E-state index is -4.58.